The van der Waals surface area contributed by atoms with Gasteiger partial charge in [-0.3, -0.25) is 4.79 Å². The van der Waals surface area contributed by atoms with E-state index in [1.165, 1.54) is 0 Å². The van der Waals surface area contributed by atoms with Crippen molar-refractivity contribution < 1.29 is 19.0 Å². The molecule has 1 aromatic heterocycles. The number of nitrogens with one attached hydrogen (secondary N) is 1. The maximum absolute atomic E-state index is 12.6. The minimum atomic E-state index is -0.177. The molecule has 3 aromatic rings. The third-order valence-electron chi connectivity index (χ3n) is 5.96. The summed E-state index contributed by atoms with van der Waals surface area (Å²) in [7, 11) is 3.17. The second-order valence-electron chi connectivity index (χ2n) is 8.35. The monoisotopic (exact) mass is 462 g/mol. The molecular weight excluding hydrogens is 432 g/mol. The average molecular weight is 463 g/mol. The first-order chi connectivity index (χ1) is 16.6. The van der Waals surface area contributed by atoms with E-state index < -0.39 is 0 Å². The van der Waals surface area contributed by atoms with E-state index in [2.05, 4.69) is 27.1 Å². The van der Waals surface area contributed by atoms with E-state index in [4.69, 9.17) is 14.2 Å². The van der Waals surface area contributed by atoms with Crippen LogP contribution in [0.5, 0.6) is 23.1 Å². The lowest BCUT2D eigenvalue weighted by molar-refractivity contribution is 0.0951. The standard InChI is InChI=1S/C26H30N4O4/c1-18-10-14-30(15-11-18)24-26(28-13-12-27-24)34-21-7-5-20(6-8-21)25(31)29-17-19-4-9-22(32-2)23(16-19)33-3/h4-9,12-13,16,18H,10-11,14-15,17H2,1-3H3,(H,29,31). The van der Waals surface area contributed by atoms with Gasteiger partial charge < -0.3 is 24.4 Å². The molecule has 8 heteroatoms. The molecule has 0 unspecified atom stereocenters. The molecule has 34 heavy (non-hydrogen) atoms. The van der Waals surface area contributed by atoms with Crippen molar-refractivity contribution in [1.82, 2.24) is 15.3 Å². The second kappa shape index (κ2) is 10.9. The number of benzene rings is 2. The number of carbonyl (C=O) groups excluding carboxylic acids is 1. The summed E-state index contributed by atoms with van der Waals surface area (Å²) >= 11 is 0. The van der Waals surface area contributed by atoms with Crippen LogP contribution in [0.2, 0.25) is 0 Å². The van der Waals surface area contributed by atoms with E-state index in [1.54, 1.807) is 50.9 Å². The highest BCUT2D eigenvalue weighted by Crippen LogP contribution is 2.31. The Morgan fingerprint density at radius 1 is 1.00 bits per heavy atom. The molecule has 1 fully saturated rings. The van der Waals surface area contributed by atoms with Gasteiger partial charge in [0.25, 0.3) is 11.8 Å². The van der Waals surface area contributed by atoms with Crippen molar-refractivity contribution in [2.75, 3.05) is 32.2 Å². The molecule has 4 rings (SSSR count). The molecule has 1 aliphatic rings. The molecule has 1 aliphatic heterocycles. The SMILES string of the molecule is COc1ccc(CNC(=O)c2ccc(Oc3nccnc3N3CCC(C)CC3)cc2)cc1OC. The third-order valence-corrected chi connectivity index (χ3v) is 5.96. The molecule has 0 bridgehead atoms. The predicted octanol–water partition coefficient (Wildman–Crippen LogP) is 4.45. The first kappa shape index (κ1) is 23.4. The first-order valence-corrected chi connectivity index (χ1v) is 11.4. The zero-order chi connectivity index (χ0) is 23.9. The zero-order valence-electron chi connectivity index (χ0n) is 19.8. The summed E-state index contributed by atoms with van der Waals surface area (Å²) in [4.78, 5) is 23.7. The van der Waals surface area contributed by atoms with E-state index >= 15 is 0 Å². The fraction of sp³-hybridized carbons (Fsp3) is 0.346. The zero-order valence-corrected chi connectivity index (χ0v) is 19.8. The van der Waals surface area contributed by atoms with Crippen molar-refractivity contribution in [3.05, 3.63) is 66.0 Å². The van der Waals surface area contributed by atoms with Gasteiger partial charge in [0.05, 0.1) is 14.2 Å². The van der Waals surface area contributed by atoms with Crippen molar-refractivity contribution in [2.45, 2.75) is 26.3 Å². The van der Waals surface area contributed by atoms with Crippen molar-refractivity contribution in [3.63, 3.8) is 0 Å². The van der Waals surface area contributed by atoms with Crippen molar-refractivity contribution in [1.29, 1.82) is 0 Å². The van der Waals surface area contributed by atoms with E-state index in [9.17, 15) is 4.79 Å². The third kappa shape index (κ3) is 5.57. The average Bonchev–Trinajstić information content (AvgIpc) is 2.88. The molecule has 0 saturated carbocycles. The van der Waals surface area contributed by atoms with Crippen LogP contribution in [-0.2, 0) is 6.54 Å². The van der Waals surface area contributed by atoms with E-state index in [0.29, 0.717) is 35.2 Å². The topological polar surface area (TPSA) is 85.8 Å². The van der Waals surface area contributed by atoms with Crippen LogP contribution in [0.25, 0.3) is 0 Å². The van der Waals surface area contributed by atoms with Crippen LogP contribution in [0.3, 0.4) is 0 Å². The molecular formula is C26H30N4O4. The molecule has 0 spiro atoms. The van der Waals surface area contributed by atoms with E-state index in [1.807, 2.05) is 18.2 Å². The van der Waals surface area contributed by atoms with Gasteiger partial charge in [0.15, 0.2) is 17.3 Å². The maximum atomic E-state index is 12.6. The van der Waals surface area contributed by atoms with Gasteiger partial charge in [-0.15, -0.1) is 0 Å². The normalized spacial score (nSPS) is 13.9. The van der Waals surface area contributed by atoms with Gasteiger partial charge in [0.1, 0.15) is 5.75 Å². The number of aromatic nitrogens is 2. The highest BCUT2D eigenvalue weighted by atomic mass is 16.5. The second-order valence-corrected chi connectivity index (χ2v) is 8.35. The number of piperidine rings is 1. The Morgan fingerprint density at radius 3 is 2.41 bits per heavy atom. The molecule has 1 N–H and O–H groups in total. The Bertz CT molecular complexity index is 1110. The smallest absolute Gasteiger partial charge is 0.263 e. The lowest BCUT2D eigenvalue weighted by Crippen LogP contribution is -2.33. The number of amides is 1. The van der Waals surface area contributed by atoms with Gasteiger partial charge in [0, 0.05) is 37.6 Å². The fourth-order valence-corrected chi connectivity index (χ4v) is 3.89. The highest BCUT2D eigenvalue weighted by Gasteiger charge is 2.21. The van der Waals surface area contributed by atoms with Crippen molar-refractivity contribution in [2.24, 2.45) is 5.92 Å². The maximum Gasteiger partial charge on any atom is 0.263 e. The molecule has 178 valence electrons. The van der Waals surface area contributed by atoms with Gasteiger partial charge in [-0.1, -0.05) is 13.0 Å². The summed E-state index contributed by atoms with van der Waals surface area (Å²) in [5, 5.41) is 2.92. The highest BCUT2D eigenvalue weighted by molar-refractivity contribution is 5.94. The van der Waals surface area contributed by atoms with Gasteiger partial charge in [-0.25, -0.2) is 9.97 Å². The number of hydrogen-bond donors (Lipinski definition) is 1. The quantitative estimate of drug-likeness (QED) is 0.529. The number of ether oxygens (including phenoxy) is 3. The lowest BCUT2D eigenvalue weighted by Gasteiger charge is -2.31. The molecule has 2 aromatic carbocycles. The summed E-state index contributed by atoms with van der Waals surface area (Å²) in [5.41, 5.74) is 1.45. The van der Waals surface area contributed by atoms with Crippen LogP contribution in [0.15, 0.2) is 54.9 Å². The molecule has 8 nitrogen and oxygen atoms in total. The summed E-state index contributed by atoms with van der Waals surface area (Å²) in [6, 6.07) is 12.6. The minimum Gasteiger partial charge on any atom is -0.493 e. The van der Waals surface area contributed by atoms with Crippen LogP contribution in [0.4, 0.5) is 5.82 Å². The summed E-state index contributed by atoms with van der Waals surface area (Å²) in [6.07, 6.45) is 5.57. The largest absolute Gasteiger partial charge is 0.493 e. The summed E-state index contributed by atoms with van der Waals surface area (Å²) in [6.45, 7) is 4.52. The molecule has 1 amide bonds. The Morgan fingerprint density at radius 2 is 1.71 bits per heavy atom. The van der Waals surface area contributed by atoms with E-state index in [-0.39, 0.29) is 5.91 Å². The number of hydrogen-bond acceptors (Lipinski definition) is 7. The molecule has 1 saturated heterocycles. The predicted molar refractivity (Wildman–Crippen MR) is 130 cm³/mol. The number of rotatable bonds is 8. The molecule has 0 atom stereocenters. The number of nitrogens with zero attached hydrogens (tertiary/aromatic N) is 3. The van der Waals surface area contributed by atoms with Crippen molar-refractivity contribution in [3.8, 4) is 23.1 Å². The Balaban J connectivity index is 1.38. The van der Waals surface area contributed by atoms with Gasteiger partial charge in [-0.2, -0.15) is 0 Å². The number of anilines is 1. The summed E-state index contributed by atoms with van der Waals surface area (Å²) < 4.78 is 16.6. The van der Waals surface area contributed by atoms with Crippen LogP contribution >= 0.6 is 0 Å². The fourth-order valence-electron chi connectivity index (χ4n) is 3.89. The van der Waals surface area contributed by atoms with Gasteiger partial charge in [0.2, 0.25) is 0 Å². The number of methoxy groups -OCH3 is 2. The van der Waals surface area contributed by atoms with Crippen LogP contribution in [-0.4, -0.2) is 43.2 Å². The summed E-state index contributed by atoms with van der Waals surface area (Å²) in [5.74, 6) is 3.65. The number of carbonyl (C=O) groups is 1. The van der Waals surface area contributed by atoms with E-state index in [0.717, 1.165) is 43.2 Å². The van der Waals surface area contributed by atoms with Gasteiger partial charge in [-0.05, 0) is 60.7 Å². The van der Waals surface area contributed by atoms with Crippen molar-refractivity contribution >= 4 is 11.7 Å². The first-order valence-electron chi connectivity index (χ1n) is 11.4. The Labute approximate surface area is 199 Å². The molecule has 0 aliphatic carbocycles. The van der Waals surface area contributed by atoms with Crippen LogP contribution < -0.4 is 24.4 Å². The van der Waals surface area contributed by atoms with Crippen LogP contribution in [0, 0.1) is 5.92 Å². The minimum absolute atomic E-state index is 0.177. The lowest BCUT2D eigenvalue weighted by atomic mass is 9.99. The molecule has 0 radical (unpaired) electrons. The molecule has 2 heterocycles. The Hall–Kier alpha value is -3.81. The van der Waals surface area contributed by atoms with Gasteiger partial charge >= 0.3 is 0 Å². The Kier molecular flexibility index (Phi) is 7.47. The van der Waals surface area contributed by atoms with Crippen LogP contribution in [0.1, 0.15) is 35.7 Å².